The van der Waals surface area contributed by atoms with E-state index in [1.54, 1.807) is 47.4 Å². The van der Waals surface area contributed by atoms with Crippen molar-refractivity contribution in [2.75, 3.05) is 26.7 Å². The van der Waals surface area contributed by atoms with Crippen molar-refractivity contribution in [2.45, 2.75) is 18.9 Å². The number of para-hydroxylation sites is 1. The number of ether oxygens (including phenoxy) is 1. The molecule has 0 aromatic heterocycles. The lowest BCUT2D eigenvalue weighted by molar-refractivity contribution is -0.131. The summed E-state index contributed by atoms with van der Waals surface area (Å²) in [4.78, 5) is 38.6. The van der Waals surface area contributed by atoms with Crippen molar-refractivity contribution < 1.29 is 19.1 Å². The molecule has 1 fully saturated rings. The summed E-state index contributed by atoms with van der Waals surface area (Å²) in [7, 11) is 1.53. The van der Waals surface area contributed by atoms with Crippen LogP contribution < -0.4 is 15.4 Å². The fourth-order valence-electron chi connectivity index (χ4n) is 3.33. The van der Waals surface area contributed by atoms with Crippen LogP contribution >= 0.6 is 0 Å². The molecule has 1 aliphatic heterocycles. The average Bonchev–Trinajstić information content (AvgIpc) is 2.78. The molecule has 2 N–H and O–H groups in total. The van der Waals surface area contributed by atoms with Crippen LogP contribution in [0.3, 0.4) is 0 Å². The highest BCUT2D eigenvalue weighted by Gasteiger charge is 2.25. The standard InChI is InChI=1S/C22H25N3O4/c1-29-19-10-6-5-9-18(19)22(28)24-17-11-13-25(14-12-17)20(26)15-23-21(27)16-7-3-2-4-8-16/h2-10,17H,11-15H2,1H3,(H,23,27)(H,24,28). The van der Waals surface area contributed by atoms with Gasteiger partial charge in [-0.3, -0.25) is 14.4 Å². The quantitative estimate of drug-likeness (QED) is 0.781. The van der Waals surface area contributed by atoms with Gasteiger partial charge >= 0.3 is 0 Å². The van der Waals surface area contributed by atoms with Crippen LogP contribution in [0, 0.1) is 0 Å². The van der Waals surface area contributed by atoms with Gasteiger partial charge in [0.2, 0.25) is 5.91 Å². The van der Waals surface area contributed by atoms with Gasteiger partial charge in [-0.05, 0) is 37.1 Å². The van der Waals surface area contributed by atoms with Crippen LogP contribution in [0.2, 0.25) is 0 Å². The second kappa shape index (κ2) is 9.73. The van der Waals surface area contributed by atoms with E-state index in [0.29, 0.717) is 42.8 Å². The number of hydrogen-bond donors (Lipinski definition) is 2. The van der Waals surface area contributed by atoms with E-state index < -0.39 is 0 Å². The van der Waals surface area contributed by atoms with Crippen molar-refractivity contribution in [3.05, 3.63) is 65.7 Å². The van der Waals surface area contributed by atoms with Crippen molar-refractivity contribution in [3.63, 3.8) is 0 Å². The van der Waals surface area contributed by atoms with Gasteiger partial charge in [0, 0.05) is 24.7 Å². The Hall–Kier alpha value is -3.35. The molecular formula is C22H25N3O4. The highest BCUT2D eigenvalue weighted by molar-refractivity contribution is 5.97. The number of rotatable bonds is 6. The first-order valence-corrected chi connectivity index (χ1v) is 9.63. The Morgan fingerprint density at radius 3 is 2.31 bits per heavy atom. The Kier molecular flexibility index (Phi) is 6.84. The summed E-state index contributed by atoms with van der Waals surface area (Å²) < 4.78 is 5.23. The van der Waals surface area contributed by atoms with E-state index in [-0.39, 0.29) is 30.3 Å². The number of carbonyl (C=O) groups is 3. The number of carbonyl (C=O) groups excluding carboxylic acids is 3. The molecule has 0 radical (unpaired) electrons. The number of piperidine rings is 1. The third kappa shape index (κ3) is 5.34. The van der Waals surface area contributed by atoms with Gasteiger partial charge in [-0.25, -0.2) is 0 Å². The van der Waals surface area contributed by atoms with Gasteiger partial charge in [0.15, 0.2) is 0 Å². The fraction of sp³-hybridized carbons (Fsp3) is 0.318. The molecule has 0 unspecified atom stereocenters. The Balaban J connectivity index is 1.44. The maximum Gasteiger partial charge on any atom is 0.255 e. The molecule has 29 heavy (non-hydrogen) atoms. The van der Waals surface area contributed by atoms with Gasteiger partial charge in [-0.1, -0.05) is 30.3 Å². The minimum atomic E-state index is -0.266. The maximum atomic E-state index is 12.5. The first-order valence-electron chi connectivity index (χ1n) is 9.63. The van der Waals surface area contributed by atoms with E-state index in [2.05, 4.69) is 10.6 Å². The summed E-state index contributed by atoms with van der Waals surface area (Å²) in [6.45, 7) is 1.04. The highest BCUT2D eigenvalue weighted by Crippen LogP contribution is 2.18. The first-order chi connectivity index (χ1) is 14.1. The van der Waals surface area contributed by atoms with Gasteiger partial charge in [0.05, 0.1) is 19.2 Å². The smallest absolute Gasteiger partial charge is 0.255 e. The lowest BCUT2D eigenvalue weighted by Gasteiger charge is -2.32. The number of hydrogen-bond acceptors (Lipinski definition) is 4. The minimum absolute atomic E-state index is 0.00429. The molecule has 3 amide bonds. The predicted octanol–water partition coefficient (Wildman–Crippen LogP) is 1.85. The van der Waals surface area contributed by atoms with Crippen LogP contribution in [0.1, 0.15) is 33.6 Å². The number of methoxy groups -OCH3 is 1. The molecule has 1 saturated heterocycles. The van der Waals surface area contributed by atoms with Gasteiger partial charge in [0.1, 0.15) is 5.75 Å². The maximum absolute atomic E-state index is 12.5. The van der Waals surface area contributed by atoms with E-state index in [4.69, 9.17) is 4.74 Å². The lowest BCUT2D eigenvalue weighted by atomic mass is 10.0. The molecule has 0 aliphatic carbocycles. The Morgan fingerprint density at radius 2 is 1.62 bits per heavy atom. The van der Waals surface area contributed by atoms with Gasteiger partial charge in [0.25, 0.3) is 11.8 Å². The number of nitrogens with zero attached hydrogens (tertiary/aromatic N) is 1. The number of likely N-dealkylation sites (tertiary alicyclic amines) is 1. The van der Waals surface area contributed by atoms with Gasteiger partial charge in [-0.15, -0.1) is 0 Å². The first kappa shape index (κ1) is 20.4. The van der Waals surface area contributed by atoms with E-state index in [1.807, 2.05) is 12.1 Å². The molecule has 7 heteroatoms. The Labute approximate surface area is 170 Å². The average molecular weight is 395 g/mol. The van der Waals surface area contributed by atoms with Crippen molar-refractivity contribution in [1.82, 2.24) is 15.5 Å². The SMILES string of the molecule is COc1ccccc1C(=O)NC1CCN(C(=O)CNC(=O)c2ccccc2)CC1. The minimum Gasteiger partial charge on any atom is -0.496 e. The molecule has 1 heterocycles. The number of nitrogens with one attached hydrogen (secondary N) is 2. The molecule has 152 valence electrons. The van der Waals surface area contributed by atoms with E-state index in [9.17, 15) is 14.4 Å². The second-order valence-corrected chi connectivity index (χ2v) is 6.88. The van der Waals surface area contributed by atoms with Crippen LogP contribution in [0.5, 0.6) is 5.75 Å². The van der Waals surface area contributed by atoms with Gasteiger partial charge < -0.3 is 20.3 Å². The second-order valence-electron chi connectivity index (χ2n) is 6.88. The van der Waals surface area contributed by atoms with Crippen molar-refractivity contribution in [1.29, 1.82) is 0 Å². The largest absolute Gasteiger partial charge is 0.496 e. The monoisotopic (exact) mass is 395 g/mol. The Bertz CT molecular complexity index is 861. The molecular weight excluding hydrogens is 370 g/mol. The topological polar surface area (TPSA) is 87.7 Å². The molecule has 3 rings (SSSR count). The fourth-order valence-corrected chi connectivity index (χ4v) is 3.33. The van der Waals surface area contributed by atoms with E-state index >= 15 is 0 Å². The zero-order valence-corrected chi connectivity index (χ0v) is 16.4. The summed E-state index contributed by atoms with van der Waals surface area (Å²) in [5, 5.41) is 5.67. The Morgan fingerprint density at radius 1 is 0.966 bits per heavy atom. The zero-order valence-electron chi connectivity index (χ0n) is 16.4. The normalized spacial score (nSPS) is 14.2. The summed E-state index contributed by atoms with van der Waals surface area (Å²) in [5.74, 6) is -0.0317. The third-order valence-electron chi connectivity index (χ3n) is 4.97. The molecule has 2 aromatic carbocycles. The number of benzene rings is 2. The van der Waals surface area contributed by atoms with Crippen LogP contribution in [-0.4, -0.2) is 55.4 Å². The summed E-state index contributed by atoms with van der Waals surface area (Å²) in [5.41, 5.74) is 1.02. The molecule has 1 aliphatic rings. The van der Waals surface area contributed by atoms with E-state index in [0.717, 1.165) is 0 Å². The molecule has 7 nitrogen and oxygen atoms in total. The lowest BCUT2D eigenvalue weighted by Crippen LogP contribution is -2.49. The van der Waals surface area contributed by atoms with Crippen molar-refractivity contribution in [3.8, 4) is 5.75 Å². The van der Waals surface area contributed by atoms with Crippen molar-refractivity contribution >= 4 is 17.7 Å². The van der Waals surface area contributed by atoms with E-state index in [1.165, 1.54) is 7.11 Å². The molecule has 0 bridgehead atoms. The molecule has 0 atom stereocenters. The summed E-state index contributed by atoms with van der Waals surface area (Å²) in [6.07, 6.45) is 1.33. The van der Waals surface area contributed by atoms with Crippen LogP contribution in [0.15, 0.2) is 54.6 Å². The third-order valence-corrected chi connectivity index (χ3v) is 4.97. The molecule has 0 spiro atoms. The highest BCUT2D eigenvalue weighted by atomic mass is 16.5. The summed E-state index contributed by atoms with van der Waals surface area (Å²) in [6, 6.07) is 15.9. The molecule has 0 saturated carbocycles. The zero-order chi connectivity index (χ0) is 20.6. The summed E-state index contributed by atoms with van der Waals surface area (Å²) >= 11 is 0. The van der Waals surface area contributed by atoms with Gasteiger partial charge in [-0.2, -0.15) is 0 Å². The van der Waals surface area contributed by atoms with Crippen LogP contribution in [0.4, 0.5) is 0 Å². The van der Waals surface area contributed by atoms with Crippen molar-refractivity contribution in [2.24, 2.45) is 0 Å². The van der Waals surface area contributed by atoms with Crippen LogP contribution in [-0.2, 0) is 4.79 Å². The predicted molar refractivity (Wildman–Crippen MR) is 109 cm³/mol. The molecule has 2 aromatic rings. The number of amides is 3. The van der Waals surface area contributed by atoms with Crippen LogP contribution in [0.25, 0.3) is 0 Å².